The zero-order valence-corrected chi connectivity index (χ0v) is 14.7. The molecule has 3 N–H and O–H groups in total. The fourth-order valence-electron chi connectivity index (χ4n) is 2.85. The van der Waals surface area contributed by atoms with E-state index in [4.69, 9.17) is 4.74 Å². The predicted octanol–water partition coefficient (Wildman–Crippen LogP) is 2.77. The summed E-state index contributed by atoms with van der Waals surface area (Å²) < 4.78 is 4.78. The van der Waals surface area contributed by atoms with Gasteiger partial charge in [0.1, 0.15) is 17.5 Å². The first-order valence-corrected chi connectivity index (χ1v) is 8.36. The number of phenolic OH excluding ortho intramolecular Hbond substituents is 2. The summed E-state index contributed by atoms with van der Waals surface area (Å²) in [6, 6.07) is 15.8. The molecule has 0 heterocycles. The Morgan fingerprint density at radius 3 is 2.26 bits per heavy atom. The van der Waals surface area contributed by atoms with Crippen LogP contribution in [0, 0.1) is 0 Å². The summed E-state index contributed by atoms with van der Waals surface area (Å²) in [5.41, 5.74) is 0.819. The van der Waals surface area contributed by atoms with E-state index >= 15 is 0 Å². The molecule has 0 saturated heterocycles. The molecule has 1 atom stereocenters. The van der Waals surface area contributed by atoms with Gasteiger partial charge in [0.25, 0.3) is 5.91 Å². The van der Waals surface area contributed by atoms with E-state index in [1.165, 1.54) is 25.3 Å². The Hall–Kier alpha value is -3.54. The quantitative estimate of drug-likeness (QED) is 0.604. The minimum absolute atomic E-state index is 0.0771. The van der Waals surface area contributed by atoms with E-state index in [1.807, 2.05) is 24.3 Å². The van der Waals surface area contributed by atoms with Crippen molar-refractivity contribution in [1.82, 2.24) is 5.32 Å². The number of amides is 1. The van der Waals surface area contributed by atoms with E-state index in [-0.39, 0.29) is 23.5 Å². The van der Waals surface area contributed by atoms with Gasteiger partial charge < -0.3 is 20.3 Å². The third-order valence-electron chi connectivity index (χ3n) is 4.28. The minimum Gasteiger partial charge on any atom is -0.508 e. The van der Waals surface area contributed by atoms with Crippen molar-refractivity contribution in [1.29, 1.82) is 0 Å². The van der Waals surface area contributed by atoms with Crippen molar-refractivity contribution in [3.05, 3.63) is 71.8 Å². The van der Waals surface area contributed by atoms with Crippen LogP contribution in [0.4, 0.5) is 0 Å². The van der Waals surface area contributed by atoms with Crippen LogP contribution < -0.4 is 5.32 Å². The molecule has 0 aliphatic carbocycles. The highest BCUT2D eigenvalue weighted by Gasteiger charge is 2.24. The SMILES string of the molecule is COC(=O)[C@H](Cc1ccc(O)cc1)NC(=O)c1cc2ccccc2cc1O. The van der Waals surface area contributed by atoms with Crippen LogP contribution in [0.15, 0.2) is 60.7 Å². The molecule has 0 saturated carbocycles. The molecule has 27 heavy (non-hydrogen) atoms. The molecule has 3 rings (SSSR count). The number of rotatable bonds is 5. The molecule has 0 radical (unpaired) electrons. The third kappa shape index (κ3) is 4.17. The molecule has 3 aromatic rings. The first-order valence-electron chi connectivity index (χ1n) is 8.36. The fraction of sp³-hybridized carbons (Fsp3) is 0.143. The molecule has 0 unspecified atom stereocenters. The summed E-state index contributed by atoms with van der Waals surface area (Å²) in [4.78, 5) is 24.8. The van der Waals surface area contributed by atoms with Crippen molar-refractivity contribution >= 4 is 22.6 Å². The number of benzene rings is 3. The van der Waals surface area contributed by atoms with Crippen molar-refractivity contribution in [2.45, 2.75) is 12.5 Å². The number of fused-ring (bicyclic) bond motifs is 1. The summed E-state index contributed by atoms with van der Waals surface area (Å²) in [5, 5.41) is 23.8. The lowest BCUT2D eigenvalue weighted by Crippen LogP contribution is -2.43. The molecule has 138 valence electrons. The minimum atomic E-state index is -0.932. The zero-order chi connectivity index (χ0) is 19.4. The van der Waals surface area contributed by atoms with Gasteiger partial charge in [-0.2, -0.15) is 0 Å². The average Bonchev–Trinajstić information content (AvgIpc) is 2.67. The second-order valence-electron chi connectivity index (χ2n) is 6.14. The van der Waals surface area contributed by atoms with Gasteiger partial charge in [-0.3, -0.25) is 4.79 Å². The van der Waals surface area contributed by atoms with Crippen LogP contribution >= 0.6 is 0 Å². The largest absolute Gasteiger partial charge is 0.508 e. The van der Waals surface area contributed by atoms with Gasteiger partial charge in [-0.05, 0) is 40.6 Å². The summed E-state index contributed by atoms with van der Waals surface area (Å²) in [7, 11) is 1.24. The third-order valence-corrected chi connectivity index (χ3v) is 4.28. The zero-order valence-electron chi connectivity index (χ0n) is 14.7. The molecule has 6 nitrogen and oxygen atoms in total. The van der Waals surface area contributed by atoms with Crippen LogP contribution in [0.25, 0.3) is 10.8 Å². The summed E-state index contributed by atoms with van der Waals surface area (Å²) >= 11 is 0. The molecule has 0 aromatic heterocycles. The van der Waals surface area contributed by atoms with E-state index in [0.717, 1.165) is 16.3 Å². The van der Waals surface area contributed by atoms with Gasteiger partial charge in [0.15, 0.2) is 0 Å². The number of hydrogen-bond acceptors (Lipinski definition) is 5. The Morgan fingerprint density at radius 1 is 1.00 bits per heavy atom. The van der Waals surface area contributed by atoms with E-state index in [9.17, 15) is 19.8 Å². The van der Waals surface area contributed by atoms with Crippen LogP contribution in [-0.4, -0.2) is 35.2 Å². The number of phenols is 2. The van der Waals surface area contributed by atoms with E-state index < -0.39 is 17.9 Å². The number of methoxy groups -OCH3 is 1. The van der Waals surface area contributed by atoms with E-state index in [1.54, 1.807) is 18.2 Å². The first-order chi connectivity index (χ1) is 13.0. The lowest BCUT2D eigenvalue weighted by atomic mass is 10.0. The molecular formula is C21H19NO5. The summed E-state index contributed by atoms with van der Waals surface area (Å²) in [5.74, 6) is -1.23. The second kappa shape index (κ2) is 7.78. The number of carbonyl (C=O) groups is 2. The van der Waals surface area contributed by atoms with Gasteiger partial charge in [-0.25, -0.2) is 4.79 Å². The average molecular weight is 365 g/mol. The van der Waals surface area contributed by atoms with Gasteiger partial charge in [0, 0.05) is 6.42 Å². The number of esters is 1. The smallest absolute Gasteiger partial charge is 0.328 e. The van der Waals surface area contributed by atoms with Gasteiger partial charge >= 0.3 is 5.97 Å². The highest BCUT2D eigenvalue weighted by atomic mass is 16.5. The number of ether oxygens (including phenoxy) is 1. The Kier molecular flexibility index (Phi) is 5.26. The highest BCUT2D eigenvalue weighted by molar-refractivity contribution is 6.02. The van der Waals surface area contributed by atoms with Gasteiger partial charge in [0.05, 0.1) is 12.7 Å². The van der Waals surface area contributed by atoms with Crippen molar-refractivity contribution in [3.63, 3.8) is 0 Å². The van der Waals surface area contributed by atoms with Crippen molar-refractivity contribution < 1.29 is 24.5 Å². The lowest BCUT2D eigenvalue weighted by molar-refractivity contribution is -0.142. The second-order valence-corrected chi connectivity index (χ2v) is 6.14. The molecule has 1 amide bonds. The number of carbonyl (C=O) groups excluding carboxylic acids is 2. The molecule has 3 aromatic carbocycles. The summed E-state index contributed by atoms with van der Waals surface area (Å²) in [6.07, 6.45) is 0.188. The molecule has 0 fully saturated rings. The molecule has 0 spiro atoms. The maximum Gasteiger partial charge on any atom is 0.328 e. The Balaban J connectivity index is 1.84. The lowest BCUT2D eigenvalue weighted by Gasteiger charge is -2.17. The molecule has 6 heteroatoms. The van der Waals surface area contributed by atoms with Crippen LogP contribution in [0.3, 0.4) is 0 Å². The highest BCUT2D eigenvalue weighted by Crippen LogP contribution is 2.25. The van der Waals surface area contributed by atoms with Crippen LogP contribution in [0.2, 0.25) is 0 Å². The van der Waals surface area contributed by atoms with E-state index in [2.05, 4.69) is 5.32 Å². The summed E-state index contributed by atoms with van der Waals surface area (Å²) in [6.45, 7) is 0. The molecule has 0 bridgehead atoms. The Morgan fingerprint density at radius 2 is 1.63 bits per heavy atom. The number of hydrogen-bond donors (Lipinski definition) is 3. The van der Waals surface area contributed by atoms with Gasteiger partial charge in [0.2, 0.25) is 0 Å². The van der Waals surface area contributed by atoms with Crippen LogP contribution in [0.5, 0.6) is 11.5 Å². The fourth-order valence-corrected chi connectivity index (χ4v) is 2.85. The molecular weight excluding hydrogens is 346 g/mol. The number of aromatic hydroxyl groups is 2. The van der Waals surface area contributed by atoms with Crippen molar-refractivity contribution in [3.8, 4) is 11.5 Å². The Labute approximate surface area is 156 Å². The van der Waals surface area contributed by atoms with Crippen LogP contribution in [-0.2, 0) is 16.0 Å². The van der Waals surface area contributed by atoms with Crippen molar-refractivity contribution in [2.75, 3.05) is 7.11 Å². The maximum absolute atomic E-state index is 12.7. The van der Waals surface area contributed by atoms with Crippen molar-refractivity contribution in [2.24, 2.45) is 0 Å². The monoisotopic (exact) mass is 365 g/mol. The predicted molar refractivity (Wildman–Crippen MR) is 101 cm³/mol. The van der Waals surface area contributed by atoms with Crippen LogP contribution in [0.1, 0.15) is 15.9 Å². The normalized spacial score (nSPS) is 11.7. The first kappa shape index (κ1) is 18.3. The Bertz CT molecular complexity index is 982. The van der Waals surface area contributed by atoms with Gasteiger partial charge in [-0.1, -0.05) is 36.4 Å². The van der Waals surface area contributed by atoms with E-state index in [0.29, 0.717) is 0 Å². The van der Waals surface area contributed by atoms with Gasteiger partial charge in [-0.15, -0.1) is 0 Å². The molecule has 0 aliphatic heterocycles. The maximum atomic E-state index is 12.7. The topological polar surface area (TPSA) is 95.9 Å². The number of nitrogens with one attached hydrogen (secondary N) is 1. The standard InChI is InChI=1S/C21H19NO5/c1-27-21(26)18(10-13-6-8-16(23)9-7-13)22-20(25)17-11-14-4-2-3-5-15(14)12-19(17)24/h2-9,11-12,18,23-24H,10H2,1H3,(H,22,25)/t18-/m0/s1. The molecule has 0 aliphatic rings.